The minimum absolute atomic E-state index is 0.295. The van der Waals surface area contributed by atoms with E-state index in [1.165, 1.54) is 6.07 Å². The molecule has 0 aromatic heterocycles. The zero-order valence-corrected chi connectivity index (χ0v) is 14.7. The van der Waals surface area contributed by atoms with Crippen molar-refractivity contribution in [3.63, 3.8) is 0 Å². The van der Waals surface area contributed by atoms with E-state index in [2.05, 4.69) is 18.8 Å². The molecule has 2 nitrogen and oxygen atoms in total. The second kappa shape index (κ2) is 8.29. The van der Waals surface area contributed by atoms with Crippen LogP contribution in [0.25, 0.3) is 11.1 Å². The van der Waals surface area contributed by atoms with E-state index in [4.69, 9.17) is 9.47 Å². The molecule has 1 heterocycles. The van der Waals surface area contributed by atoms with Gasteiger partial charge in [-0.1, -0.05) is 49.6 Å². The average Bonchev–Trinajstić information content (AvgIpc) is 2.65. The van der Waals surface area contributed by atoms with Crippen molar-refractivity contribution in [1.82, 2.24) is 0 Å². The van der Waals surface area contributed by atoms with Crippen molar-refractivity contribution in [3.8, 4) is 23.0 Å². The molecule has 1 fully saturated rings. The Morgan fingerprint density at radius 3 is 2.32 bits per heavy atom. The van der Waals surface area contributed by atoms with Crippen LogP contribution in [-0.2, 0) is 9.47 Å². The van der Waals surface area contributed by atoms with Crippen LogP contribution >= 0.6 is 0 Å². The molecule has 0 amide bonds. The molecule has 2 aromatic rings. The molecule has 0 saturated carbocycles. The van der Waals surface area contributed by atoms with Crippen LogP contribution in [0.2, 0.25) is 0 Å². The van der Waals surface area contributed by atoms with Gasteiger partial charge in [-0.15, -0.1) is 5.92 Å². The lowest BCUT2D eigenvalue weighted by atomic mass is 10.0. The van der Waals surface area contributed by atoms with Gasteiger partial charge in [0.1, 0.15) is 5.82 Å². The first-order valence-corrected chi connectivity index (χ1v) is 8.77. The zero-order valence-electron chi connectivity index (χ0n) is 14.7. The van der Waals surface area contributed by atoms with E-state index in [0.717, 1.165) is 42.7 Å². The van der Waals surface area contributed by atoms with Crippen molar-refractivity contribution in [2.45, 2.75) is 33.0 Å². The van der Waals surface area contributed by atoms with Crippen molar-refractivity contribution in [3.05, 3.63) is 59.4 Å². The number of hydrogen-bond donors (Lipinski definition) is 0. The second-order valence-corrected chi connectivity index (χ2v) is 6.34. The van der Waals surface area contributed by atoms with Crippen molar-refractivity contribution in [2.24, 2.45) is 5.92 Å². The van der Waals surface area contributed by atoms with Gasteiger partial charge in [0, 0.05) is 11.5 Å². The summed E-state index contributed by atoms with van der Waals surface area (Å²) in [5.74, 6) is 5.68. The fraction of sp³-hybridized carbons (Fsp3) is 0.364. The summed E-state index contributed by atoms with van der Waals surface area (Å²) in [7, 11) is 0. The molecule has 3 rings (SSSR count). The maximum absolute atomic E-state index is 14.0. The van der Waals surface area contributed by atoms with Gasteiger partial charge in [0.05, 0.1) is 18.8 Å². The first-order chi connectivity index (χ1) is 12.2. The highest BCUT2D eigenvalue weighted by molar-refractivity contribution is 5.65. The Balaban J connectivity index is 1.70. The first-order valence-electron chi connectivity index (χ1n) is 8.77. The molecule has 130 valence electrons. The van der Waals surface area contributed by atoms with Gasteiger partial charge in [0.15, 0.2) is 6.29 Å². The molecule has 1 saturated heterocycles. The Morgan fingerprint density at radius 1 is 1.04 bits per heavy atom. The Morgan fingerprint density at radius 2 is 1.72 bits per heavy atom. The SMILES string of the molecule is CC#Cc1ccc(-c2ccc(C3OCC(CCC)CO3)cc2)cc1F. The summed E-state index contributed by atoms with van der Waals surface area (Å²) in [5.41, 5.74) is 3.21. The van der Waals surface area contributed by atoms with E-state index in [1.54, 1.807) is 13.0 Å². The van der Waals surface area contributed by atoms with Crippen LogP contribution in [-0.4, -0.2) is 13.2 Å². The molecule has 3 heteroatoms. The summed E-state index contributed by atoms with van der Waals surface area (Å²) < 4.78 is 25.7. The number of halogens is 1. The smallest absolute Gasteiger partial charge is 0.183 e. The summed E-state index contributed by atoms with van der Waals surface area (Å²) >= 11 is 0. The van der Waals surface area contributed by atoms with Crippen LogP contribution in [0.4, 0.5) is 4.39 Å². The Labute approximate surface area is 149 Å². The van der Waals surface area contributed by atoms with Crippen LogP contribution < -0.4 is 0 Å². The van der Waals surface area contributed by atoms with Gasteiger partial charge in [-0.3, -0.25) is 0 Å². The van der Waals surface area contributed by atoms with E-state index in [0.29, 0.717) is 11.5 Å². The van der Waals surface area contributed by atoms with Crippen LogP contribution in [0.3, 0.4) is 0 Å². The minimum atomic E-state index is -0.305. The third-order valence-corrected chi connectivity index (χ3v) is 4.41. The highest BCUT2D eigenvalue weighted by atomic mass is 19.1. The zero-order chi connectivity index (χ0) is 17.6. The van der Waals surface area contributed by atoms with Crippen LogP contribution in [0.5, 0.6) is 0 Å². The van der Waals surface area contributed by atoms with Gasteiger partial charge < -0.3 is 9.47 Å². The van der Waals surface area contributed by atoms with Crippen molar-refractivity contribution in [2.75, 3.05) is 13.2 Å². The number of hydrogen-bond acceptors (Lipinski definition) is 2. The third-order valence-electron chi connectivity index (χ3n) is 4.41. The van der Waals surface area contributed by atoms with E-state index < -0.39 is 0 Å². The Hall–Kier alpha value is -2.15. The molecule has 0 bridgehead atoms. The summed E-state index contributed by atoms with van der Waals surface area (Å²) in [6, 6.07) is 13.0. The lowest BCUT2D eigenvalue weighted by Crippen LogP contribution is -2.26. The van der Waals surface area contributed by atoms with Crippen LogP contribution in [0.1, 0.15) is 44.1 Å². The van der Waals surface area contributed by atoms with Gasteiger partial charge >= 0.3 is 0 Å². The molecule has 25 heavy (non-hydrogen) atoms. The highest BCUT2D eigenvalue weighted by Gasteiger charge is 2.22. The predicted molar refractivity (Wildman–Crippen MR) is 97.4 cm³/mol. The Kier molecular flexibility index (Phi) is 5.86. The van der Waals surface area contributed by atoms with Crippen molar-refractivity contribution in [1.29, 1.82) is 0 Å². The summed E-state index contributed by atoms with van der Waals surface area (Å²) in [5, 5.41) is 0. The van der Waals surface area contributed by atoms with Crippen LogP contribution in [0, 0.1) is 23.6 Å². The highest BCUT2D eigenvalue weighted by Crippen LogP contribution is 2.29. The molecule has 0 spiro atoms. The van der Waals surface area contributed by atoms with Gasteiger partial charge in [-0.25, -0.2) is 4.39 Å². The van der Waals surface area contributed by atoms with E-state index in [-0.39, 0.29) is 12.1 Å². The minimum Gasteiger partial charge on any atom is -0.348 e. The summed E-state index contributed by atoms with van der Waals surface area (Å²) in [6.45, 7) is 5.36. The molecular weight excluding hydrogens is 315 g/mol. The molecule has 1 aliphatic heterocycles. The predicted octanol–water partition coefficient (Wildman–Crippen LogP) is 5.33. The molecule has 0 N–H and O–H groups in total. The topological polar surface area (TPSA) is 18.5 Å². The fourth-order valence-corrected chi connectivity index (χ4v) is 3.07. The van der Waals surface area contributed by atoms with Gasteiger partial charge in [-0.2, -0.15) is 0 Å². The molecule has 0 radical (unpaired) electrons. The summed E-state index contributed by atoms with van der Waals surface area (Å²) in [4.78, 5) is 0. The van der Waals surface area contributed by atoms with E-state index >= 15 is 0 Å². The van der Waals surface area contributed by atoms with Gasteiger partial charge in [0.2, 0.25) is 0 Å². The van der Waals surface area contributed by atoms with E-state index in [1.807, 2.05) is 30.3 Å². The lowest BCUT2D eigenvalue weighted by molar-refractivity contribution is -0.206. The third kappa shape index (κ3) is 4.28. The van der Waals surface area contributed by atoms with Crippen molar-refractivity contribution < 1.29 is 13.9 Å². The average molecular weight is 338 g/mol. The normalized spacial score (nSPS) is 20.0. The number of benzene rings is 2. The van der Waals surface area contributed by atoms with Crippen molar-refractivity contribution >= 4 is 0 Å². The largest absolute Gasteiger partial charge is 0.348 e. The van der Waals surface area contributed by atoms with Gasteiger partial charge in [-0.05, 0) is 36.6 Å². The standard InChI is InChI=1S/C22H23FO2/c1-3-5-16-14-24-22(25-15-16)19-10-7-17(8-11-19)20-12-9-18(6-4-2)21(23)13-20/h7-13,16,22H,3,5,14-15H2,1-2H3. The quantitative estimate of drug-likeness (QED) is 0.702. The molecule has 0 aliphatic carbocycles. The lowest BCUT2D eigenvalue weighted by Gasteiger charge is -2.29. The molecular formula is C22H23FO2. The van der Waals surface area contributed by atoms with Crippen LogP contribution in [0.15, 0.2) is 42.5 Å². The first kappa shape index (κ1) is 17.7. The maximum atomic E-state index is 14.0. The number of rotatable bonds is 4. The number of ether oxygens (including phenoxy) is 2. The Bertz CT molecular complexity index is 763. The molecule has 0 unspecified atom stereocenters. The fourth-order valence-electron chi connectivity index (χ4n) is 3.07. The molecule has 0 atom stereocenters. The van der Waals surface area contributed by atoms with Gasteiger partial charge in [0.25, 0.3) is 0 Å². The molecule has 1 aliphatic rings. The molecule has 2 aromatic carbocycles. The monoisotopic (exact) mass is 338 g/mol. The maximum Gasteiger partial charge on any atom is 0.183 e. The van der Waals surface area contributed by atoms with E-state index in [9.17, 15) is 4.39 Å². The second-order valence-electron chi connectivity index (χ2n) is 6.34. The summed E-state index contributed by atoms with van der Waals surface area (Å²) in [6.07, 6.45) is 1.98.